The Kier molecular flexibility index (Phi) is 11.9. The summed E-state index contributed by atoms with van der Waals surface area (Å²) < 4.78 is 46.3. The number of alkyl halides is 3. The van der Waals surface area contributed by atoms with Crippen molar-refractivity contribution in [3.05, 3.63) is 33.4 Å². The van der Waals surface area contributed by atoms with Crippen LogP contribution in [0.5, 0.6) is 0 Å². The number of rotatable bonds is 11. The Hall–Kier alpha value is -3.56. The van der Waals surface area contributed by atoms with E-state index in [0.29, 0.717) is 25.5 Å². The number of hydrogen-bond acceptors (Lipinski definition) is 8. The van der Waals surface area contributed by atoms with Gasteiger partial charge >= 0.3 is 24.2 Å². The number of carboxylic acids is 2. The minimum absolute atomic E-state index is 0.00362. The number of thioether (sulfide) groups is 1. The largest absolute Gasteiger partial charge is 0.480 e. The summed E-state index contributed by atoms with van der Waals surface area (Å²) in [5, 5.41) is 32.2. The summed E-state index contributed by atoms with van der Waals surface area (Å²) in [7, 11) is 0. The molecule has 0 bridgehead atoms. The van der Waals surface area contributed by atoms with E-state index in [4.69, 9.17) is 4.74 Å². The second-order valence-corrected chi connectivity index (χ2v) is 13.4. The molecule has 16 heteroatoms. The number of carbonyl (C=O) groups excluding carboxylic acids is 2. The second-order valence-electron chi connectivity index (χ2n) is 12.1. The standard InChI is InChI=1S/C29H40F3N3O9S/c1-8-17(9-2)28(24(37)38,25(39)40)45-22-14-20(29(30,31)32)19(13-21(22)35(42)43)23(36)34(16(3)4)18-11-10-12-33(15-18)26(41)44-27(5,6)7/h13-14,16-18H,8-12,15H2,1-7H3,(H,37,38)(H,39,40)/t18-/m1/s1. The van der Waals surface area contributed by atoms with E-state index >= 15 is 0 Å². The Balaban J connectivity index is 2.74. The summed E-state index contributed by atoms with van der Waals surface area (Å²) in [4.78, 5) is 64.1. The number of aliphatic carboxylic acids is 2. The van der Waals surface area contributed by atoms with Gasteiger partial charge in [0.25, 0.3) is 11.6 Å². The van der Waals surface area contributed by atoms with E-state index in [9.17, 15) is 52.7 Å². The van der Waals surface area contributed by atoms with Crippen LogP contribution in [0.3, 0.4) is 0 Å². The zero-order valence-corrected chi connectivity index (χ0v) is 27.1. The SMILES string of the molecule is CCC(CC)C(Sc1cc(C(F)(F)F)c(C(=O)N(C(C)C)[C@@H]2CCCN(C(=O)OC(C)(C)C)C2)cc1[N+](=O)[O-])(C(=O)O)C(=O)O. The number of hydrogen-bond donors (Lipinski definition) is 2. The normalized spacial score (nSPS) is 16.1. The monoisotopic (exact) mass is 663 g/mol. The number of amides is 2. The molecule has 12 nitrogen and oxygen atoms in total. The highest BCUT2D eigenvalue weighted by molar-refractivity contribution is 8.02. The molecular weight excluding hydrogens is 623 g/mol. The van der Waals surface area contributed by atoms with Crippen molar-refractivity contribution in [3.63, 3.8) is 0 Å². The lowest BCUT2D eigenvalue weighted by Crippen LogP contribution is -2.54. The van der Waals surface area contributed by atoms with E-state index in [1.165, 1.54) is 18.7 Å². The first kappa shape index (κ1) is 37.6. The summed E-state index contributed by atoms with van der Waals surface area (Å²) in [5.41, 5.74) is -4.50. The van der Waals surface area contributed by atoms with Gasteiger partial charge in [0.15, 0.2) is 0 Å². The number of nitro groups is 1. The predicted molar refractivity (Wildman–Crippen MR) is 158 cm³/mol. The van der Waals surface area contributed by atoms with Gasteiger partial charge in [0.1, 0.15) is 5.60 Å². The summed E-state index contributed by atoms with van der Waals surface area (Å²) >= 11 is -0.0578. The van der Waals surface area contributed by atoms with Crippen molar-refractivity contribution >= 4 is 41.4 Å². The average molecular weight is 664 g/mol. The number of benzene rings is 1. The zero-order valence-electron chi connectivity index (χ0n) is 26.3. The maximum Gasteiger partial charge on any atom is 0.417 e. The van der Waals surface area contributed by atoms with Gasteiger partial charge in [0.2, 0.25) is 4.75 Å². The van der Waals surface area contributed by atoms with E-state index in [1.807, 2.05) is 0 Å². The van der Waals surface area contributed by atoms with Crippen molar-refractivity contribution in [2.24, 2.45) is 5.92 Å². The predicted octanol–water partition coefficient (Wildman–Crippen LogP) is 6.30. The molecule has 1 heterocycles. The van der Waals surface area contributed by atoms with Crippen LogP contribution in [-0.2, 0) is 20.5 Å². The van der Waals surface area contributed by atoms with E-state index in [-0.39, 0.29) is 37.2 Å². The van der Waals surface area contributed by atoms with Crippen molar-refractivity contribution < 1.29 is 52.2 Å². The molecule has 45 heavy (non-hydrogen) atoms. The Morgan fingerprint density at radius 2 is 1.67 bits per heavy atom. The van der Waals surface area contributed by atoms with Gasteiger partial charge < -0.3 is 24.7 Å². The topological polar surface area (TPSA) is 168 Å². The number of likely N-dealkylation sites (tertiary alicyclic amines) is 1. The molecule has 0 saturated carbocycles. The molecule has 1 aliphatic rings. The van der Waals surface area contributed by atoms with Crippen LogP contribution >= 0.6 is 11.8 Å². The van der Waals surface area contributed by atoms with E-state index in [0.717, 1.165) is 4.90 Å². The van der Waals surface area contributed by atoms with Crippen molar-refractivity contribution in [1.29, 1.82) is 0 Å². The third-order valence-electron chi connectivity index (χ3n) is 7.53. The number of nitrogens with zero attached hydrogens (tertiary/aromatic N) is 3. The number of halogens is 3. The van der Waals surface area contributed by atoms with Crippen molar-refractivity contribution in [2.45, 2.75) is 108 Å². The van der Waals surface area contributed by atoms with Crippen LogP contribution in [0.1, 0.15) is 90.1 Å². The number of carboxylic acid groups (broad SMARTS) is 2. The fourth-order valence-electron chi connectivity index (χ4n) is 5.49. The molecule has 1 aromatic rings. The summed E-state index contributed by atoms with van der Waals surface area (Å²) in [5.74, 6) is -6.05. The van der Waals surface area contributed by atoms with Crippen LogP contribution in [0.25, 0.3) is 0 Å². The smallest absolute Gasteiger partial charge is 0.417 e. The Morgan fingerprint density at radius 3 is 2.09 bits per heavy atom. The molecule has 2 N–H and O–H groups in total. The fourth-order valence-corrected chi connectivity index (χ4v) is 6.92. The lowest BCUT2D eigenvalue weighted by molar-refractivity contribution is -0.387. The van der Waals surface area contributed by atoms with E-state index in [1.54, 1.807) is 34.6 Å². The Morgan fingerprint density at radius 1 is 1.11 bits per heavy atom. The van der Waals surface area contributed by atoms with Gasteiger partial charge in [-0.3, -0.25) is 24.5 Å². The van der Waals surface area contributed by atoms with Crippen LogP contribution in [0, 0.1) is 16.0 Å². The molecule has 1 aromatic carbocycles. The van der Waals surface area contributed by atoms with Gasteiger partial charge in [-0.15, -0.1) is 0 Å². The van der Waals surface area contributed by atoms with Crippen LogP contribution in [0.15, 0.2) is 17.0 Å². The van der Waals surface area contributed by atoms with Gasteiger partial charge in [-0.1, -0.05) is 38.5 Å². The first-order valence-electron chi connectivity index (χ1n) is 14.5. The number of ether oxygens (including phenoxy) is 1. The van der Waals surface area contributed by atoms with Gasteiger partial charge in [-0.25, -0.2) is 4.79 Å². The molecule has 1 fully saturated rings. The van der Waals surface area contributed by atoms with Crippen LogP contribution < -0.4 is 0 Å². The number of nitro benzene ring substituents is 1. The molecule has 252 valence electrons. The second kappa shape index (κ2) is 14.3. The molecule has 2 amide bonds. The molecule has 1 atom stereocenters. The highest BCUT2D eigenvalue weighted by atomic mass is 32.2. The lowest BCUT2D eigenvalue weighted by Gasteiger charge is -2.41. The molecule has 2 rings (SSSR count). The summed E-state index contributed by atoms with van der Waals surface area (Å²) in [6.07, 6.45) is -5.15. The summed E-state index contributed by atoms with van der Waals surface area (Å²) in [6.45, 7) is 11.4. The lowest BCUT2D eigenvalue weighted by atomic mass is 9.87. The summed E-state index contributed by atoms with van der Waals surface area (Å²) in [6, 6.07) is -0.740. The minimum atomic E-state index is -5.24. The molecule has 0 aromatic heterocycles. The molecular formula is C29H40F3N3O9S. The molecule has 1 aliphatic heterocycles. The third kappa shape index (κ3) is 8.38. The molecule has 0 spiro atoms. The quantitative estimate of drug-likeness (QED) is 0.119. The van der Waals surface area contributed by atoms with Gasteiger partial charge in [-0.2, -0.15) is 13.2 Å². The number of piperidine rings is 1. The number of carbonyl (C=O) groups is 4. The zero-order chi connectivity index (χ0) is 34.7. The first-order valence-corrected chi connectivity index (χ1v) is 15.3. The van der Waals surface area contributed by atoms with Crippen molar-refractivity contribution in [1.82, 2.24) is 9.80 Å². The van der Waals surface area contributed by atoms with Crippen LogP contribution in [0.4, 0.5) is 23.7 Å². The first-order chi connectivity index (χ1) is 20.6. The van der Waals surface area contributed by atoms with Crippen LogP contribution in [-0.4, -0.2) is 84.4 Å². The van der Waals surface area contributed by atoms with Gasteiger partial charge in [0, 0.05) is 25.2 Å². The van der Waals surface area contributed by atoms with Crippen molar-refractivity contribution in [2.75, 3.05) is 13.1 Å². The minimum Gasteiger partial charge on any atom is -0.480 e. The molecule has 0 radical (unpaired) electrons. The average Bonchev–Trinajstić information content (AvgIpc) is 2.90. The maximum atomic E-state index is 14.5. The Labute approximate surface area is 263 Å². The van der Waals surface area contributed by atoms with Gasteiger partial charge in [-0.05, 0) is 59.4 Å². The van der Waals surface area contributed by atoms with Crippen molar-refractivity contribution in [3.8, 4) is 0 Å². The van der Waals surface area contributed by atoms with E-state index < -0.39 is 85.1 Å². The molecule has 0 aliphatic carbocycles. The molecule has 1 saturated heterocycles. The highest BCUT2D eigenvalue weighted by Crippen LogP contribution is 2.48. The Bertz CT molecular complexity index is 1300. The highest BCUT2D eigenvalue weighted by Gasteiger charge is 2.54. The van der Waals surface area contributed by atoms with E-state index in [2.05, 4.69) is 0 Å². The van der Waals surface area contributed by atoms with Crippen LogP contribution in [0.2, 0.25) is 0 Å². The fraction of sp³-hybridized carbons (Fsp3) is 0.655. The molecule has 0 unspecified atom stereocenters. The third-order valence-corrected chi connectivity index (χ3v) is 9.08. The maximum absolute atomic E-state index is 14.5. The van der Waals surface area contributed by atoms with Gasteiger partial charge in [0.05, 0.1) is 27.0 Å².